The van der Waals surface area contributed by atoms with Crippen LogP contribution in [0.5, 0.6) is 0 Å². The van der Waals surface area contributed by atoms with E-state index in [1.165, 1.54) is 0 Å². The second-order valence-corrected chi connectivity index (χ2v) is 7.34. The van der Waals surface area contributed by atoms with Gasteiger partial charge in [0.2, 0.25) is 11.8 Å². The molecule has 5 rings (SSSR count). The Morgan fingerprint density at radius 3 is 2.33 bits per heavy atom. The lowest BCUT2D eigenvalue weighted by Crippen LogP contribution is -2.11. The van der Waals surface area contributed by atoms with E-state index in [1.54, 1.807) is 48.5 Å². The molecule has 0 spiro atoms. The standard InChI is InChI=1S/C24H17N5O4/c1-14-4-2-6-18(12-14)23-28-27-22(32-23)16-10-8-15(9-11-16)21(30)25-19-7-3-5-17(13-19)20-26-24(31)33-29-20/h2-13H,1H3,(H,25,30)(H,26,29,31). The lowest BCUT2D eigenvalue weighted by Gasteiger charge is -2.07. The van der Waals surface area contributed by atoms with Gasteiger partial charge in [-0.05, 0) is 55.5 Å². The van der Waals surface area contributed by atoms with E-state index in [0.717, 1.165) is 11.1 Å². The molecule has 2 aromatic heterocycles. The van der Waals surface area contributed by atoms with Crippen LogP contribution < -0.4 is 11.1 Å². The molecule has 162 valence electrons. The van der Waals surface area contributed by atoms with Crippen molar-refractivity contribution < 1.29 is 13.7 Å². The first-order valence-electron chi connectivity index (χ1n) is 10.0. The van der Waals surface area contributed by atoms with Crippen molar-refractivity contribution in [3.05, 3.63) is 94.5 Å². The minimum Gasteiger partial charge on any atom is -0.416 e. The van der Waals surface area contributed by atoms with Crippen molar-refractivity contribution in [1.82, 2.24) is 20.3 Å². The molecule has 2 N–H and O–H groups in total. The summed E-state index contributed by atoms with van der Waals surface area (Å²) in [5.41, 5.74) is 4.26. The maximum absolute atomic E-state index is 12.7. The van der Waals surface area contributed by atoms with Gasteiger partial charge in [-0.25, -0.2) is 4.79 Å². The molecule has 0 unspecified atom stereocenters. The normalized spacial score (nSPS) is 10.8. The summed E-state index contributed by atoms with van der Waals surface area (Å²) in [4.78, 5) is 26.3. The van der Waals surface area contributed by atoms with Gasteiger partial charge < -0.3 is 9.73 Å². The SMILES string of the molecule is Cc1cccc(-c2nnc(-c3ccc(C(=O)Nc4cccc(-c5noc(=O)[nH]5)c4)cc3)o2)c1. The number of nitrogens with zero attached hydrogens (tertiary/aromatic N) is 3. The highest BCUT2D eigenvalue weighted by Crippen LogP contribution is 2.25. The van der Waals surface area contributed by atoms with Crippen LogP contribution in [0.3, 0.4) is 0 Å². The van der Waals surface area contributed by atoms with Gasteiger partial charge in [-0.2, -0.15) is 0 Å². The highest BCUT2D eigenvalue weighted by molar-refractivity contribution is 6.04. The molecule has 33 heavy (non-hydrogen) atoms. The summed E-state index contributed by atoms with van der Waals surface area (Å²) in [6.07, 6.45) is 0. The molecule has 0 aliphatic rings. The van der Waals surface area contributed by atoms with Gasteiger partial charge in [0.05, 0.1) is 0 Å². The second kappa shape index (κ2) is 8.39. The molecule has 0 atom stereocenters. The molecule has 0 aliphatic carbocycles. The van der Waals surface area contributed by atoms with E-state index < -0.39 is 5.76 Å². The third kappa shape index (κ3) is 4.33. The van der Waals surface area contributed by atoms with Crippen molar-refractivity contribution in [2.75, 3.05) is 5.32 Å². The zero-order valence-electron chi connectivity index (χ0n) is 17.4. The molecule has 0 bridgehead atoms. The summed E-state index contributed by atoms with van der Waals surface area (Å²) in [6.45, 7) is 2.00. The molecular weight excluding hydrogens is 422 g/mol. The molecule has 1 amide bonds. The van der Waals surface area contributed by atoms with Gasteiger partial charge in [0.1, 0.15) is 0 Å². The number of hydrogen-bond donors (Lipinski definition) is 2. The summed E-state index contributed by atoms with van der Waals surface area (Å²) in [6, 6.07) is 21.6. The molecule has 9 nitrogen and oxygen atoms in total. The van der Waals surface area contributed by atoms with Crippen LogP contribution in [0.15, 0.2) is 86.5 Å². The number of benzene rings is 3. The molecule has 5 aromatic rings. The minimum absolute atomic E-state index is 0.282. The maximum Gasteiger partial charge on any atom is 0.439 e. The highest BCUT2D eigenvalue weighted by Gasteiger charge is 2.13. The van der Waals surface area contributed by atoms with Crippen LogP contribution in [-0.2, 0) is 0 Å². The van der Waals surface area contributed by atoms with E-state index in [1.807, 2.05) is 31.2 Å². The Morgan fingerprint density at radius 1 is 0.879 bits per heavy atom. The Morgan fingerprint density at radius 2 is 1.61 bits per heavy atom. The number of nitrogens with one attached hydrogen (secondary N) is 2. The van der Waals surface area contributed by atoms with Crippen LogP contribution in [-0.4, -0.2) is 26.2 Å². The largest absolute Gasteiger partial charge is 0.439 e. The van der Waals surface area contributed by atoms with Crippen molar-refractivity contribution >= 4 is 11.6 Å². The molecule has 3 aromatic carbocycles. The fourth-order valence-electron chi connectivity index (χ4n) is 3.30. The smallest absolute Gasteiger partial charge is 0.416 e. The molecular formula is C24H17N5O4. The van der Waals surface area contributed by atoms with Crippen LogP contribution >= 0.6 is 0 Å². The number of rotatable bonds is 5. The second-order valence-electron chi connectivity index (χ2n) is 7.34. The lowest BCUT2D eigenvalue weighted by molar-refractivity contribution is 0.102. The first-order chi connectivity index (χ1) is 16.0. The monoisotopic (exact) mass is 439 g/mol. The Hall–Kier alpha value is -4.79. The number of carbonyl (C=O) groups excluding carboxylic acids is 1. The van der Waals surface area contributed by atoms with Crippen LogP contribution in [0, 0.1) is 6.92 Å². The zero-order chi connectivity index (χ0) is 22.8. The molecule has 0 fully saturated rings. The molecule has 9 heteroatoms. The topological polar surface area (TPSA) is 127 Å². The Balaban J connectivity index is 1.31. The number of aryl methyl sites for hydroxylation is 1. The summed E-state index contributed by atoms with van der Waals surface area (Å²) in [7, 11) is 0. The number of aromatic amines is 1. The van der Waals surface area contributed by atoms with Crippen molar-refractivity contribution in [2.45, 2.75) is 6.92 Å². The minimum atomic E-state index is -0.647. The van der Waals surface area contributed by atoms with Gasteiger partial charge in [-0.1, -0.05) is 35.0 Å². The Labute approximate surface area is 187 Å². The number of aromatic nitrogens is 4. The van der Waals surface area contributed by atoms with Crippen molar-refractivity contribution in [3.8, 4) is 34.3 Å². The lowest BCUT2D eigenvalue weighted by atomic mass is 10.1. The number of amides is 1. The fraction of sp³-hybridized carbons (Fsp3) is 0.0417. The van der Waals surface area contributed by atoms with Crippen LogP contribution in [0.25, 0.3) is 34.3 Å². The molecule has 2 heterocycles. The van der Waals surface area contributed by atoms with Gasteiger partial charge in [0.15, 0.2) is 5.82 Å². The van der Waals surface area contributed by atoms with E-state index in [2.05, 4.69) is 30.2 Å². The van der Waals surface area contributed by atoms with Gasteiger partial charge >= 0.3 is 5.76 Å². The third-order valence-corrected chi connectivity index (χ3v) is 4.92. The van der Waals surface area contributed by atoms with Crippen molar-refractivity contribution in [2.24, 2.45) is 0 Å². The Bertz CT molecular complexity index is 1500. The first kappa shape index (κ1) is 20.1. The maximum atomic E-state index is 12.7. The number of H-pyrrole nitrogens is 1. The van der Waals surface area contributed by atoms with E-state index in [9.17, 15) is 9.59 Å². The molecule has 0 radical (unpaired) electrons. The zero-order valence-corrected chi connectivity index (χ0v) is 17.4. The number of carbonyl (C=O) groups is 1. The predicted molar refractivity (Wildman–Crippen MR) is 120 cm³/mol. The van der Waals surface area contributed by atoms with Gasteiger partial charge in [0, 0.05) is 27.9 Å². The average Bonchev–Trinajstić information content (AvgIpc) is 3.49. The van der Waals surface area contributed by atoms with E-state index in [0.29, 0.717) is 34.2 Å². The van der Waals surface area contributed by atoms with E-state index in [-0.39, 0.29) is 11.7 Å². The first-order valence-corrected chi connectivity index (χ1v) is 10.0. The van der Waals surface area contributed by atoms with Gasteiger partial charge in [-0.3, -0.25) is 14.3 Å². The average molecular weight is 439 g/mol. The summed E-state index contributed by atoms with van der Waals surface area (Å²) in [5, 5.41) is 14.7. The highest BCUT2D eigenvalue weighted by atomic mass is 16.5. The quantitative estimate of drug-likeness (QED) is 0.418. The van der Waals surface area contributed by atoms with Crippen molar-refractivity contribution in [3.63, 3.8) is 0 Å². The van der Waals surface area contributed by atoms with Crippen LogP contribution in [0.4, 0.5) is 5.69 Å². The molecule has 0 aliphatic heterocycles. The van der Waals surface area contributed by atoms with Gasteiger partial charge in [-0.15, -0.1) is 10.2 Å². The third-order valence-electron chi connectivity index (χ3n) is 4.92. The molecule has 0 saturated carbocycles. The van der Waals surface area contributed by atoms with Crippen LogP contribution in [0.2, 0.25) is 0 Å². The summed E-state index contributed by atoms with van der Waals surface area (Å²) >= 11 is 0. The number of hydrogen-bond acceptors (Lipinski definition) is 7. The predicted octanol–water partition coefficient (Wildman–Crippen LogP) is 4.31. The van der Waals surface area contributed by atoms with E-state index in [4.69, 9.17) is 4.42 Å². The summed E-state index contributed by atoms with van der Waals surface area (Å²) < 4.78 is 10.3. The van der Waals surface area contributed by atoms with Crippen molar-refractivity contribution in [1.29, 1.82) is 0 Å². The van der Waals surface area contributed by atoms with E-state index >= 15 is 0 Å². The fourth-order valence-corrected chi connectivity index (χ4v) is 3.30. The van der Waals surface area contributed by atoms with Crippen LogP contribution in [0.1, 0.15) is 15.9 Å². The summed E-state index contributed by atoms with van der Waals surface area (Å²) in [5.74, 6) is 0.145. The Kier molecular flexibility index (Phi) is 5.12. The molecule has 0 saturated heterocycles. The number of anilines is 1. The van der Waals surface area contributed by atoms with Gasteiger partial charge in [0.25, 0.3) is 5.91 Å².